The maximum atomic E-state index is 14.0. The molecular weight excluding hydrogens is 352 g/mol. The topological polar surface area (TPSA) is 38.8 Å². The molecule has 0 amide bonds. The van der Waals surface area contributed by atoms with E-state index in [0.717, 1.165) is 43.6 Å². The predicted molar refractivity (Wildman–Crippen MR) is 95.4 cm³/mol. The molecule has 0 bridgehead atoms. The van der Waals surface area contributed by atoms with Gasteiger partial charge >= 0.3 is 0 Å². The lowest BCUT2D eigenvalue weighted by Crippen LogP contribution is -2.44. The van der Waals surface area contributed by atoms with Crippen LogP contribution in [0.15, 0.2) is 42.5 Å². The highest BCUT2D eigenvalue weighted by molar-refractivity contribution is 6.10. The first-order valence-electron chi connectivity index (χ1n) is 9.14. The van der Waals surface area contributed by atoms with Gasteiger partial charge in [-0.15, -0.1) is 0 Å². The summed E-state index contributed by atoms with van der Waals surface area (Å²) in [5.74, 6) is -2.41. The Labute approximate surface area is 156 Å². The van der Waals surface area contributed by atoms with Gasteiger partial charge in [0.2, 0.25) is 0 Å². The Morgan fingerprint density at radius 3 is 2.41 bits per heavy atom. The monoisotopic (exact) mass is 373 g/mol. The molecule has 6 heteroatoms. The van der Waals surface area contributed by atoms with Crippen LogP contribution in [-0.2, 0) is 16.0 Å². The van der Waals surface area contributed by atoms with Crippen LogP contribution in [0.4, 0.5) is 8.78 Å². The SMILES string of the molecule is O=C(c1ccc(F)cc1F)c1ccccc1CN1CCC2(CC1)OCCO2. The van der Waals surface area contributed by atoms with Crippen molar-refractivity contribution in [2.45, 2.75) is 25.2 Å². The van der Waals surface area contributed by atoms with Crippen molar-refractivity contribution in [3.63, 3.8) is 0 Å². The molecule has 0 unspecified atom stereocenters. The van der Waals surface area contributed by atoms with Gasteiger partial charge in [-0.05, 0) is 17.7 Å². The third-order valence-electron chi connectivity index (χ3n) is 5.26. The molecule has 0 radical (unpaired) electrons. The number of hydrogen-bond acceptors (Lipinski definition) is 4. The van der Waals surface area contributed by atoms with Crippen molar-refractivity contribution in [1.29, 1.82) is 0 Å². The van der Waals surface area contributed by atoms with Crippen LogP contribution in [0.25, 0.3) is 0 Å². The number of hydrogen-bond donors (Lipinski definition) is 0. The molecule has 2 aliphatic rings. The smallest absolute Gasteiger partial charge is 0.196 e. The Bertz CT molecular complexity index is 839. The van der Waals surface area contributed by atoms with Gasteiger partial charge in [0.1, 0.15) is 11.6 Å². The number of benzene rings is 2. The summed E-state index contributed by atoms with van der Waals surface area (Å²) in [5.41, 5.74) is 1.15. The lowest BCUT2D eigenvalue weighted by Gasteiger charge is -2.37. The van der Waals surface area contributed by atoms with Gasteiger partial charge in [0.15, 0.2) is 11.6 Å². The van der Waals surface area contributed by atoms with Crippen molar-refractivity contribution in [3.05, 3.63) is 70.8 Å². The molecule has 4 rings (SSSR count). The van der Waals surface area contributed by atoms with Crippen molar-refractivity contribution in [3.8, 4) is 0 Å². The summed E-state index contributed by atoms with van der Waals surface area (Å²) in [4.78, 5) is 15.1. The second-order valence-electron chi connectivity index (χ2n) is 6.99. The van der Waals surface area contributed by atoms with Gasteiger partial charge in [-0.1, -0.05) is 24.3 Å². The van der Waals surface area contributed by atoms with Gasteiger partial charge in [-0.2, -0.15) is 0 Å². The van der Waals surface area contributed by atoms with E-state index in [1.807, 2.05) is 12.1 Å². The van der Waals surface area contributed by atoms with E-state index in [-0.39, 0.29) is 5.56 Å². The van der Waals surface area contributed by atoms with E-state index in [0.29, 0.717) is 25.3 Å². The average Bonchev–Trinajstić information content (AvgIpc) is 3.12. The molecule has 2 aliphatic heterocycles. The first-order valence-corrected chi connectivity index (χ1v) is 9.14. The van der Waals surface area contributed by atoms with Crippen molar-refractivity contribution in [2.75, 3.05) is 26.3 Å². The average molecular weight is 373 g/mol. The minimum atomic E-state index is -0.842. The second kappa shape index (κ2) is 7.46. The van der Waals surface area contributed by atoms with Crippen molar-refractivity contribution in [1.82, 2.24) is 4.90 Å². The van der Waals surface area contributed by atoms with E-state index in [1.54, 1.807) is 12.1 Å². The molecule has 2 saturated heterocycles. The molecule has 0 atom stereocenters. The van der Waals surface area contributed by atoms with Gasteiger partial charge in [0, 0.05) is 44.1 Å². The standard InChI is InChI=1S/C21H21F2NO3/c22-16-5-6-18(19(23)13-16)20(25)17-4-2-1-3-15(17)14-24-9-7-21(8-10-24)26-11-12-27-21/h1-6,13H,7-12,14H2. The number of piperidine rings is 1. The van der Waals surface area contributed by atoms with Crippen molar-refractivity contribution in [2.24, 2.45) is 0 Å². The Kier molecular flexibility index (Phi) is 5.04. The van der Waals surface area contributed by atoms with Gasteiger partial charge in [0.05, 0.1) is 18.8 Å². The van der Waals surface area contributed by atoms with Crippen LogP contribution < -0.4 is 0 Å². The van der Waals surface area contributed by atoms with E-state index >= 15 is 0 Å². The molecule has 2 heterocycles. The highest BCUT2D eigenvalue weighted by Crippen LogP contribution is 2.32. The van der Waals surface area contributed by atoms with Gasteiger partial charge < -0.3 is 9.47 Å². The van der Waals surface area contributed by atoms with E-state index < -0.39 is 23.2 Å². The number of likely N-dealkylation sites (tertiary alicyclic amines) is 1. The van der Waals surface area contributed by atoms with Crippen LogP contribution in [0, 0.1) is 11.6 Å². The minimum absolute atomic E-state index is 0.116. The first-order chi connectivity index (χ1) is 13.1. The summed E-state index contributed by atoms with van der Waals surface area (Å²) in [6.45, 7) is 3.46. The lowest BCUT2D eigenvalue weighted by atomic mass is 9.96. The van der Waals surface area contributed by atoms with Crippen molar-refractivity contribution < 1.29 is 23.0 Å². The number of halogens is 2. The molecule has 2 fully saturated rings. The normalized spacial score (nSPS) is 19.5. The van der Waals surface area contributed by atoms with Crippen LogP contribution in [0.2, 0.25) is 0 Å². The summed E-state index contributed by atoms with van der Waals surface area (Å²) in [6, 6.07) is 10.2. The minimum Gasteiger partial charge on any atom is -0.347 e. The Hall–Kier alpha value is -2.15. The van der Waals surface area contributed by atoms with E-state index in [9.17, 15) is 13.6 Å². The number of nitrogens with zero attached hydrogens (tertiary/aromatic N) is 1. The fraction of sp³-hybridized carbons (Fsp3) is 0.381. The molecule has 0 aliphatic carbocycles. The number of ether oxygens (including phenoxy) is 2. The second-order valence-corrected chi connectivity index (χ2v) is 6.99. The highest BCUT2D eigenvalue weighted by Gasteiger charge is 2.39. The van der Waals surface area contributed by atoms with E-state index in [2.05, 4.69) is 4.90 Å². The van der Waals surface area contributed by atoms with Crippen LogP contribution in [-0.4, -0.2) is 42.8 Å². The summed E-state index contributed by atoms with van der Waals surface area (Å²) in [5, 5.41) is 0. The number of carbonyl (C=O) groups excluding carboxylic acids is 1. The molecule has 1 spiro atoms. The van der Waals surface area contributed by atoms with Crippen LogP contribution in [0.5, 0.6) is 0 Å². The molecule has 142 valence electrons. The molecule has 2 aromatic carbocycles. The first kappa shape index (κ1) is 18.2. The molecule has 0 N–H and O–H groups in total. The highest BCUT2D eigenvalue weighted by atomic mass is 19.1. The van der Waals surface area contributed by atoms with Gasteiger partial charge in [-0.25, -0.2) is 8.78 Å². The van der Waals surface area contributed by atoms with Crippen molar-refractivity contribution >= 4 is 5.78 Å². The fourth-order valence-corrected chi connectivity index (χ4v) is 3.78. The molecule has 4 nitrogen and oxygen atoms in total. The summed E-state index contributed by atoms with van der Waals surface area (Å²) in [7, 11) is 0. The van der Waals surface area contributed by atoms with E-state index in [1.165, 1.54) is 6.07 Å². The zero-order chi connectivity index (χ0) is 18.9. The Morgan fingerprint density at radius 2 is 1.70 bits per heavy atom. The quantitative estimate of drug-likeness (QED) is 0.769. The number of rotatable bonds is 4. The number of carbonyl (C=O) groups is 1. The molecule has 0 aromatic heterocycles. The maximum Gasteiger partial charge on any atom is 0.196 e. The Balaban J connectivity index is 1.51. The largest absolute Gasteiger partial charge is 0.347 e. The van der Waals surface area contributed by atoms with Crippen LogP contribution in [0.1, 0.15) is 34.3 Å². The zero-order valence-corrected chi connectivity index (χ0v) is 14.9. The van der Waals surface area contributed by atoms with Crippen LogP contribution >= 0.6 is 0 Å². The molecule has 0 saturated carbocycles. The fourth-order valence-electron chi connectivity index (χ4n) is 3.78. The third kappa shape index (κ3) is 3.78. The maximum absolute atomic E-state index is 14.0. The Morgan fingerprint density at radius 1 is 1.00 bits per heavy atom. The zero-order valence-electron chi connectivity index (χ0n) is 14.9. The summed E-state index contributed by atoms with van der Waals surface area (Å²) >= 11 is 0. The summed E-state index contributed by atoms with van der Waals surface area (Å²) < 4.78 is 38.7. The van der Waals surface area contributed by atoms with Gasteiger partial charge in [0.25, 0.3) is 0 Å². The van der Waals surface area contributed by atoms with E-state index in [4.69, 9.17) is 9.47 Å². The molecular formula is C21H21F2NO3. The summed E-state index contributed by atoms with van der Waals surface area (Å²) in [6.07, 6.45) is 1.57. The third-order valence-corrected chi connectivity index (χ3v) is 5.26. The predicted octanol–water partition coefficient (Wildman–Crippen LogP) is 3.53. The molecule has 2 aromatic rings. The van der Waals surface area contributed by atoms with Crippen LogP contribution in [0.3, 0.4) is 0 Å². The van der Waals surface area contributed by atoms with Gasteiger partial charge in [-0.3, -0.25) is 9.69 Å². The lowest BCUT2D eigenvalue weighted by molar-refractivity contribution is -0.185. The number of ketones is 1. The molecule has 27 heavy (non-hydrogen) atoms.